The van der Waals surface area contributed by atoms with Crippen LogP contribution < -0.4 is 10.3 Å². The van der Waals surface area contributed by atoms with Crippen molar-refractivity contribution in [2.75, 3.05) is 36.6 Å². The number of aliphatic hydroxyl groups is 2. The Labute approximate surface area is 136 Å². The van der Waals surface area contributed by atoms with Gasteiger partial charge in [-0.15, -0.1) is 0 Å². The third kappa shape index (κ3) is 6.90. The molecular weight excluding hydrogens is 294 g/mol. The van der Waals surface area contributed by atoms with Gasteiger partial charge in [0.2, 0.25) is 0 Å². The molecule has 124 valence electrons. The summed E-state index contributed by atoms with van der Waals surface area (Å²) in [6, 6.07) is 7.48. The smallest absolute Gasteiger partial charge is 0.178 e. The van der Waals surface area contributed by atoms with Crippen LogP contribution in [0.1, 0.15) is 6.92 Å². The quantitative estimate of drug-likeness (QED) is 0.346. The van der Waals surface area contributed by atoms with E-state index >= 15 is 0 Å². The Bertz CT molecular complexity index is 559. The van der Waals surface area contributed by atoms with E-state index in [1.807, 2.05) is 29.2 Å². The molecule has 1 aromatic rings. The lowest BCUT2D eigenvalue weighted by molar-refractivity contribution is -0.110. The zero-order valence-corrected chi connectivity index (χ0v) is 13.3. The average molecular weight is 317 g/mol. The van der Waals surface area contributed by atoms with E-state index in [1.165, 1.54) is 12.2 Å². The minimum atomic E-state index is -0.170. The second-order valence-electron chi connectivity index (χ2n) is 4.79. The Kier molecular flexibility index (Phi) is 8.34. The SMILES string of the molecule is C=CC(=O)C=CC(C)=NNc1ccc(N(CCO)CCO)cc1. The summed E-state index contributed by atoms with van der Waals surface area (Å²) in [5, 5.41) is 22.2. The molecule has 0 saturated carbocycles. The van der Waals surface area contributed by atoms with Crippen molar-refractivity contribution in [3.8, 4) is 0 Å². The van der Waals surface area contributed by atoms with Crippen LogP contribution in [0.25, 0.3) is 0 Å². The number of allylic oxidation sites excluding steroid dienone is 3. The lowest BCUT2D eigenvalue weighted by Gasteiger charge is -2.23. The average Bonchev–Trinajstić information content (AvgIpc) is 2.58. The van der Waals surface area contributed by atoms with Gasteiger partial charge in [-0.3, -0.25) is 10.2 Å². The number of hydrogen-bond acceptors (Lipinski definition) is 6. The van der Waals surface area contributed by atoms with Gasteiger partial charge in [0.05, 0.1) is 24.6 Å². The van der Waals surface area contributed by atoms with Crippen LogP contribution in [0.5, 0.6) is 0 Å². The molecule has 3 N–H and O–H groups in total. The maximum Gasteiger partial charge on any atom is 0.178 e. The van der Waals surface area contributed by atoms with Gasteiger partial charge < -0.3 is 15.1 Å². The summed E-state index contributed by atoms with van der Waals surface area (Å²) >= 11 is 0. The normalized spacial score (nSPS) is 11.5. The summed E-state index contributed by atoms with van der Waals surface area (Å²) in [5.74, 6) is -0.170. The number of aliphatic hydroxyl groups excluding tert-OH is 2. The van der Waals surface area contributed by atoms with Crippen molar-refractivity contribution in [1.29, 1.82) is 0 Å². The van der Waals surface area contributed by atoms with Crippen molar-refractivity contribution >= 4 is 22.9 Å². The first kappa shape index (κ1) is 18.6. The lowest BCUT2D eigenvalue weighted by atomic mass is 10.2. The number of hydrazone groups is 1. The van der Waals surface area contributed by atoms with Crippen LogP contribution in [-0.4, -0.2) is 48.0 Å². The molecule has 0 spiro atoms. The molecule has 0 aliphatic rings. The van der Waals surface area contributed by atoms with E-state index in [0.717, 1.165) is 11.4 Å². The molecule has 0 amide bonds. The number of nitrogens with zero attached hydrogens (tertiary/aromatic N) is 2. The van der Waals surface area contributed by atoms with E-state index in [2.05, 4.69) is 17.1 Å². The summed E-state index contributed by atoms with van der Waals surface area (Å²) < 4.78 is 0. The topological polar surface area (TPSA) is 85.2 Å². The van der Waals surface area contributed by atoms with Crippen LogP contribution in [0, 0.1) is 0 Å². The number of rotatable bonds is 10. The zero-order valence-electron chi connectivity index (χ0n) is 13.3. The molecule has 0 bridgehead atoms. The van der Waals surface area contributed by atoms with Gasteiger partial charge in [0.15, 0.2) is 5.78 Å². The first-order valence-electron chi connectivity index (χ1n) is 7.32. The fourth-order valence-electron chi connectivity index (χ4n) is 1.82. The van der Waals surface area contributed by atoms with Crippen molar-refractivity contribution in [3.63, 3.8) is 0 Å². The number of carbonyl (C=O) groups is 1. The maximum absolute atomic E-state index is 11.1. The van der Waals surface area contributed by atoms with Crippen LogP contribution >= 0.6 is 0 Å². The summed E-state index contributed by atoms with van der Waals surface area (Å²) in [4.78, 5) is 13.0. The van der Waals surface area contributed by atoms with Crippen LogP contribution in [-0.2, 0) is 4.79 Å². The van der Waals surface area contributed by atoms with Crippen molar-refractivity contribution in [2.45, 2.75) is 6.92 Å². The maximum atomic E-state index is 11.1. The monoisotopic (exact) mass is 317 g/mol. The van der Waals surface area contributed by atoms with Crippen LogP contribution in [0.4, 0.5) is 11.4 Å². The molecule has 6 nitrogen and oxygen atoms in total. The summed E-state index contributed by atoms with van der Waals surface area (Å²) in [6.45, 7) is 6.15. The number of nitrogens with one attached hydrogen (secondary N) is 1. The standard InChI is InChI=1S/C17H23N3O3/c1-3-17(23)9-4-14(2)18-19-15-5-7-16(8-6-15)20(10-12-21)11-13-22/h3-9,19,21-22H,1,10-13H2,2H3. The molecule has 0 radical (unpaired) electrons. The van der Waals surface area contributed by atoms with Crippen molar-refractivity contribution in [1.82, 2.24) is 0 Å². The van der Waals surface area contributed by atoms with Crippen molar-refractivity contribution < 1.29 is 15.0 Å². The van der Waals surface area contributed by atoms with E-state index in [-0.39, 0.29) is 19.0 Å². The molecule has 6 heteroatoms. The number of hydrogen-bond donors (Lipinski definition) is 3. The highest BCUT2D eigenvalue weighted by Gasteiger charge is 2.04. The molecular formula is C17H23N3O3. The number of ketones is 1. The fourth-order valence-corrected chi connectivity index (χ4v) is 1.82. The lowest BCUT2D eigenvalue weighted by Crippen LogP contribution is -2.29. The Balaban J connectivity index is 2.67. The summed E-state index contributed by atoms with van der Waals surface area (Å²) in [5.41, 5.74) is 5.27. The summed E-state index contributed by atoms with van der Waals surface area (Å²) in [7, 11) is 0. The highest BCUT2D eigenvalue weighted by atomic mass is 16.3. The molecule has 0 unspecified atom stereocenters. The van der Waals surface area contributed by atoms with Gasteiger partial charge in [-0.1, -0.05) is 6.58 Å². The molecule has 0 aliphatic heterocycles. The Morgan fingerprint density at radius 3 is 2.35 bits per heavy atom. The second kappa shape index (κ2) is 10.3. The highest BCUT2D eigenvalue weighted by molar-refractivity contribution is 6.04. The molecule has 0 aromatic heterocycles. The zero-order chi connectivity index (χ0) is 17.1. The van der Waals surface area contributed by atoms with E-state index in [9.17, 15) is 4.79 Å². The molecule has 1 rings (SSSR count). The Morgan fingerprint density at radius 1 is 1.22 bits per heavy atom. The number of anilines is 2. The van der Waals surface area contributed by atoms with Crippen LogP contribution in [0.3, 0.4) is 0 Å². The first-order valence-corrected chi connectivity index (χ1v) is 7.32. The van der Waals surface area contributed by atoms with Crippen LogP contribution in [0.15, 0.2) is 54.2 Å². The van der Waals surface area contributed by atoms with Gasteiger partial charge in [-0.2, -0.15) is 5.10 Å². The van der Waals surface area contributed by atoms with Gasteiger partial charge in [-0.05, 0) is 49.4 Å². The van der Waals surface area contributed by atoms with E-state index < -0.39 is 0 Å². The summed E-state index contributed by atoms with van der Waals surface area (Å²) in [6.07, 6.45) is 4.24. The Hall–Kier alpha value is -2.44. The first-order chi connectivity index (χ1) is 11.1. The molecule has 0 atom stereocenters. The number of benzene rings is 1. The predicted molar refractivity (Wildman–Crippen MR) is 93.9 cm³/mol. The largest absolute Gasteiger partial charge is 0.395 e. The van der Waals surface area contributed by atoms with E-state index in [0.29, 0.717) is 18.8 Å². The molecule has 0 saturated heterocycles. The molecule has 0 fully saturated rings. The molecule has 0 aliphatic carbocycles. The van der Waals surface area contributed by atoms with Gasteiger partial charge in [-0.25, -0.2) is 0 Å². The molecule has 23 heavy (non-hydrogen) atoms. The second-order valence-corrected chi connectivity index (χ2v) is 4.79. The highest BCUT2D eigenvalue weighted by Crippen LogP contribution is 2.17. The van der Waals surface area contributed by atoms with Crippen molar-refractivity contribution in [2.24, 2.45) is 5.10 Å². The van der Waals surface area contributed by atoms with Gasteiger partial charge >= 0.3 is 0 Å². The van der Waals surface area contributed by atoms with E-state index in [4.69, 9.17) is 10.2 Å². The number of carbonyl (C=O) groups excluding carboxylic acids is 1. The van der Waals surface area contributed by atoms with Crippen molar-refractivity contribution in [3.05, 3.63) is 49.1 Å². The van der Waals surface area contributed by atoms with Gasteiger partial charge in [0, 0.05) is 18.8 Å². The van der Waals surface area contributed by atoms with E-state index in [1.54, 1.807) is 13.0 Å². The Morgan fingerprint density at radius 2 is 1.83 bits per heavy atom. The third-order valence-corrected chi connectivity index (χ3v) is 3.02. The predicted octanol–water partition coefficient (Wildman–Crippen LogP) is 1.58. The minimum absolute atomic E-state index is 0.0270. The third-order valence-electron chi connectivity index (χ3n) is 3.02. The van der Waals surface area contributed by atoms with Crippen LogP contribution in [0.2, 0.25) is 0 Å². The minimum Gasteiger partial charge on any atom is -0.395 e. The fraction of sp³-hybridized carbons (Fsp3) is 0.294. The molecule has 0 heterocycles. The molecule has 1 aromatic carbocycles. The van der Waals surface area contributed by atoms with Gasteiger partial charge in [0.1, 0.15) is 0 Å². The van der Waals surface area contributed by atoms with Gasteiger partial charge in [0.25, 0.3) is 0 Å².